The van der Waals surface area contributed by atoms with Crippen LogP contribution in [-0.2, 0) is 5.54 Å². The molecule has 2 heterocycles. The van der Waals surface area contributed by atoms with Crippen LogP contribution >= 0.6 is 11.8 Å². The fourth-order valence-electron chi connectivity index (χ4n) is 2.18. The SMILES string of the molecule is NC1(c2ncc(C3CCSCC3)[nH]2)CC1. The standard InChI is InChI=1S/C11H17N3S/c12-11(3-4-11)10-13-7-9(14-10)8-1-5-15-6-2-8/h7-8H,1-6,12H2,(H,13,14). The number of imidazole rings is 1. The van der Waals surface area contributed by atoms with Gasteiger partial charge in [-0.05, 0) is 37.2 Å². The molecule has 0 radical (unpaired) electrons. The van der Waals surface area contributed by atoms with Crippen molar-refractivity contribution in [2.75, 3.05) is 11.5 Å². The summed E-state index contributed by atoms with van der Waals surface area (Å²) in [6.07, 6.45) is 6.73. The largest absolute Gasteiger partial charge is 0.344 e. The van der Waals surface area contributed by atoms with E-state index in [2.05, 4.69) is 21.7 Å². The van der Waals surface area contributed by atoms with Gasteiger partial charge in [-0.1, -0.05) is 0 Å². The summed E-state index contributed by atoms with van der Waals surface area (Å²) in [6, 6.07) is 0. The zero-order valence-electron chi connectivity index (χ0n) is 8.83. The van der Waals surface area contributed by atoms with Crippen LogP contribution in [0.2, 0.25) is 0 Å². The number of nitrogens with two attached hydrogens (primary N) is 1. The van der Waals surface area contributed by atoms with Crippen LogP contribution in [0.15, 0.2) is 6.20 Å². The Morgan fingerprint density at radius 2 is 2.13 bits per heavy atom. The number of rotatable bonds is 2. The highest BCUT2D eigenvalue weighted by molar-refractivity contribution is 7.99. The third kappa shape index (κ3) is 1.81. The molecular formula is C11H17N3S. The molecule has 3 N–H and O–H groups in total. The number of nitrogens with zero attached hydrogens (tertiary/aromatic N) is 1. The minimum absolute atomic E-state index is 0.109. The molecule has 0 atom stereocenters. The van der Waals surface area contributed by atoms with Crippen LogP contribution in [0.3, 0.4) is 0 Å². The highest BCUT2D eigenvalue weighted by atomic mass is 32.2. The van der Waals surface area contributed by atoms with E-state index in [0.717, 1.165) is 18.7 Å². The number of hydrogen-bond acceptors (Lipinski definition) is 3. The van der Waals surface area contributed by atoms with Crippen molar-refractivity contribution in [2.45, 2.75) is 37.1 Å². The Balaban J connectivity index is 1.77. The number of thioether (sulfide) groups is 1. The first-order chi connectivity index (χ1) is 7.28. The fraction of sp³-hybridized carbons (Fsp3) is 0.727. The third-order valence-corrected chi connectivity index (χ3v) is 4.57. The van der Waals surface area contributed by atoms with E-state index in [-0.39, 0.29) is 5.54 Å². The van der Waals surface area contributed by atoms with Crippen LogP contribution in [0.4, 0.5) is 0 Å². The lowest BCUT2D eigenvalue weighted by atomic mass is 10.00. The smallest absolute Gasteiger partial charge is 0.126 e. The average Bonchev–Trinajstić information content (AvgIpc) is 2.85. The van der Waals surface area contributed by atoms with E-state index in [9.17, 15) is 0 Å². The fourth-order valence-corrected chi connectivity index (χ4v) is 3.28. The molecule has 1 aliphatic carbocycles. The molecule has 82 valence electrons. The molecule has 4 heteroatoms. The molecule has 1 aromatic rings. The molecule has 15 heavy (non-hydrogen) atoms. The Morgan fingerprint density at radius 1 is 1.40 bits per heavy atom. The van der Waals surface area contributed by atoms with Gasteiger partial charge in [0.15, 0.2) is 0 Å². The maximum absolute atomic E-state index is 6.11. The summed E-state index contributed by atoms with van der Waals surface area (Å²) >= 11 is 2.06. The van der Waals surface area contributed by atoms with Crippen molar-refractivity contribution in [1.82, 2.24) is 9.97 Å². The van der Waals surface area contributed by atoms with E-state index in [0.29, 0.717) is 5.92 Å². The Labute approximate surface area is 94.2 Å². The minimum Gasteiger partial charge on any atom is -0.344 e. The van der Waals surface area contributed by atoms with Crippen LogP contribution in [0, 0.1) is 0 Å². The monoisotopic (exact) mass is 223 g/mol. The van der Waals surface area contributed by atoms with Crippen LogP contribution < -0.4 is 5.73 Å². The Morgan fingerprint density at radius 3 is 2.80 bits per heavy atom. The van der Waals surface area contributed by atoms with Gasteiger partial charge in [-0.3, -0.25) is 0 Å². The van der Waals surface area contributed by atoms with Crippen molar-refractivity contribution in [1.29, 1.82) is 0 Å². The van der Waals surface area contributed by atoms with Gasteiger partial charge in [-0.25, -0.2) is 4.98 Å². The first kappa shape index (κ1) is 9.73. The van der Waals surface area contributed by atoms with Crippen LogP contribution in [0.5, 0.6) is 0 Å². The second-order valence-electron chi connectivity index (χ2n) is 4.73. The van der Waals surface area contributed by atoms with Crippen LogP contribution in [0.25, 0.3) is 0 Å². The maximum atomic E-state index is 6.11. The Bertz CT molecular complexity index is 350. The van der Waals surface area contributed by atoms with Crippen molar-refractivity contribution in [3.8, 4) is 0 Å². The lowest BCUT2D eigenvalue weighted by Crippen LogP contribution is -2.20. The number of aromatic nitrogens is 2. The summed E-state index contributed by atoms with van der Waals surface area (Å²) in [5.74, 6) is 4.27. The summed E-state index contributed by atoms with van der Waals surface area (Å²) < 4.78 is 0. The van der Waals surface area contributed by atoms with Gasteiger partial charge in [0, 0.05) is 17.8 Å². The van der Waals surface area contributed by atoms with Crippen LogP contribution in [-0.4, -0.2) is 21.5 Å². The van der Waals surface area contributed by atoms with Gasteiger partial charge >= 0.3 is 0 Å². The topological polar surface area (TPSA) is 54.7 Å². The predicted octanol–water partition coefficient (Wildman–Crippen LogP) is 1.97. The molecule has 1 aliphatic heterocycles. The molecule has 3 rings (SSSR count). The minimum atomic E-state index is -0.109. The van der Waals surface area contributed by atoms with Gasteiger partial charge in [0.25, 0.3) is 0 Å². The molecule has 2 fully saturated rings. The second kappa shape index (κ2) is 3.52. The van der Waals surface area contributed by atoms with Crippen molar-refractivity contribution < 1.29 is 0 Å². The highest BCUT2D eigenvalue weighted by Gasteiger charge is 2.43. The first-order valence-corrected chi connectivity index (χ1v) is 6.85. The quantitative estimate of drug-likeness (QED) is 0.806. The molecule has 1 saturated heterocycles. The van der Waals surface area contributed by atoms with Gasteiger partial charge < -0.3 is 10.7 Å². The molecule has 0 aromatic carbocycles. The molecule has 2 aliphatic rings. The summed E-state index contributed by atoms with van der Waals surface area (Å²) in [4.78, 5) is 7.88. The molecule has 1 saturated carbocycles. The predicted molar refractivity (Wildman–Crippen MR) is 63.0 cm³/mol. The van der Waals surface area contributed by atoms with Gasteiger partial charge in [-0.2, -0.15) is 11.8 Å². The molecule has 0 amide bonds. The first-order valence-electron chi connectivity index (χ1n) is 5.70. The Hall–Kier alpha value is -0.480. The molecule has 0 unspecified atom stereocenters. The second-order valence-corrected chi connectivity index (χ2v) is 5.95. The lowest BCUT2D eigenvalue weighted by molar-refractivity contribution is 0.613. The number of nitrogens with one attached hydrogen (secondary N) is 1. The third-order valence-electron chi connectivity index (χ3n) is 3.52. The summed E-state index contributed by atoms with van der Waals surface area (Å²) in [6.45, 7) is 0. The molecular weight excluding hydrogens is 206 g/mol. The van der Waals surface area contributed by atoms with Crippen molar-refractivity contribution >= 4 is 11.8 Å². The van der Waals surface area contributed by atoms with E-state index >= 15 is 0 Å². The van der Waals surface area contributed by atoms with E-state index in [4.69, 9.17) is 5.73 Å². The van der Waals surface area contributed by atoms with E-state index < -0.39 is 0 Å². The maximum Gasteiger partial charge on any atom is 0.126 e. The van der Waals surface area contributed by atoms with E-state index in [1.54, 1.807) is 0 Å². The van der Waals surface area contributed by atoms with Gasteiger partial charge in [0.2, 0.25) is 0 Å². The lowest BCUT2D eigenvalue weighted by Gasteiger charge is -2.19. The summed E-state index contributed by atoms with van der Waals surface area (Å²) in [5, 5.41) is 0. The molecule has 0 bridgehead atoms. The number of H-pyrrole nitrogens is 1. The summed E-state index contributed by atoms with van der Waals surface area (Å²) in [5.41, 5.74) is 7.31. The molecule has 1 aromatic heterocycles. The van der Waals surface area contributed by atoms with Crippen LogP contribution in [0.1, 0.15) is 43.1 Å². The van der Waals surface area contributed by atoms with Gasteiger partial charge in [0.05, 0.1) is 5.54 Å². The van der Waals surface area contributed by atoms with Gasteiger partial charge in [-0.15, -0.1) is 0 Å². The summed E-state index contributed by atoms with van der Waals surface area (Å²) in [7, 11) is 0. The number of aromatic amines is 1. The number of hydrogen-bond donors (Lipinski definition) is 2. The van der Waals surface area contributed by atoms with E-state index in [1.807, 2.05) is 6.20 Å². The van der Waals surface area contributed by atoms with Crippen molar-refractivity contribution in [2.24, 2.45) is 5.73 Å². The highest BCUT2D eigenvalue weighted by Crippen LogP contribution is 2.41. The van der Waals surface area contributed by atoms with Crippen molar-refractivity contribution in [3.05, 3.63) is 17.7 Å². The van der Waals surface area contributed by atoms with E-state index in [1.165, 1.54) is 30.0 Å². The normalized spacial score (nSPS) is 25.4. The van der Waals surface area contributed by atoms with Crippen molar-refractivity contribution in [3.63, 3.8) is 0 Å². The zero-order valence-corrected chi connectivity index (χ0v) is 9.65. The average molecular weight is 223 g/mol. The van der Waals surface area contributed by atoms with Gasteiger partial charge in [0.1, 0.15) is 5.82 Å². The zero-order chi connectivity index (χ0) is 10.3. The molecule has 3 nitrogen and oxygen atoms in total. The Kier molecular flexibility index (Phi) is 2.29. The molecule has 0 spiro atoms.